The molecule has 0 N–H and O–H groups in total. The predicted octanol–water partition coefficient (Wildman–Crippen LogP) is 1.96. The minimum atomic E-state index is 0.851. The van der Waals surface area contributed by atoms with E-state index in [9.17, 15) is 0 Å². The van der Waals surface area contributed by atoms with E-state index in [0.29, 0.717) is 0 Å². The Morgan fingerprint density at radius 3 is 2.33 bits per heavy atom. The first-order chi connectivity index (χ1) is 7.34. The molecule has 2 heteroatoms. The monoisotopic (exact) mass is 208 g/mol. The Morgan fingerprint density at radius 2 is 1.73 bits per heavy atom. The van der Waals surface area contributed by atoms with Gasteiger partial charge in [0.25, 0.3) is 0 Å². The quantitative estimate of drug-likeness (QED) is 0.650. The third-order valence-electron chi connectivity index (χ3n) is 4.90. The molecule has 0 radical (unpaired) electrons. The molecule has 0 aromatic carbocycles. The Hall–Kier alpha value is -0.0800. The van der Waals surface area contributed by atoms with Crippen molar-refractivity contribution in [2.24, 2.45) is 5.92 Å². The van der Waals surface area contributed by atoms with Crippen LogP contribution in [0.25, 0.3) is 0 Å². The number of likely N-dealkylation sites (tertiary alicyclic amines) is 1. The highest BCUT2D eigenvalue weighted by atomic mass is 15.3. The molecule has 0 aliphatic carbocycles. The first-order valence-corrected chi connectivity index (χ1v) is 6.82. The molecule has 15 heavy (non-hydrogen) atoms. The first kappa shape index (κ1) is 10.1. The molecule has 2 unspecified atom stereocenters. The lowest BCUT2D eigenvalue weighted by molar-refractivity contribution is -0.0223. The summed E-state index contributed by atoms with van der Waals surface area (Å²) in [6.45, 7) is 7.94. The zero-order valence-corrected chi connectivity index (χ0v) is 9.99. The van der Waals surface area contributed by atoms with Gasteiger partial charge in [0, 0.05) is 18.6 Å². The van der Waals surface area contributed by atoms with Crippen molar-refractivity contribution in [2.45, 2.75) is 51.1 Å². The van der Waals surface area contributed by atoms with Crippen LogP contribution in [-0.4, -0.2) is 48.1 Å². The van der Waals surface area contributed by atoms with E-state index < -0.39 is 0 Å². The number of hydrogen-bond donors (Lipinski definition) is 0. The molecule has 4 aliphatic rings. The van der Waals surface area contributed by atoms with Crippen LogP contribution in [-0.2, 0) is 0 Å². The van der Waals surface area contributed by atoms with E-state index in [2.05, 4.69) is 16.7 Å². The summed E-state index contributed by atoms with van der Waals surface area (Å²) in [5, 5.41) is 0. The van der Waals surface area contributed by atoms with E-state index in [-0.39, 0.29) is 0 Å². The second-order valence-corrected chi connectivity index (χ2v) is 5.79. The molecule has 0 saturated carbocycles. The van der Waals surface area contributed by atoms with Gasteiger partial charge < -0.3 is 4.90 Å². The van der Waals surface area contributed by atoms with Gasteiger partial charge in [-0.2, -0.15) is 0 Å². The van der Waals surface area contributed by atoms with Crippen molar-refractivity contribution in [1.82, 2.24) is 9.80 Å². The lowest BCUT2D eigenvalue weighted by Crippen LogP contribution is -2.60. The molecule has 0 amide bonds. The Bertz CT molecular complexity index is 221. The van der Waals surface area contributed by atoms with Crippen LogP contribution in [0.1, 0.15) is 39.0 Å². The number of fused-ring (bicyclic) bond motifs is 3. The van der Waals surface area contributed by atoms with Crippen molar-refractivity contribution in [3.8, 4) is 0 Å². The molecule has 4 rings (SSSR count). The topological polar surface area (TPSA) is 6.48 Å². The van der Waals surface area contributed by atoms with Gasteiger partial charge in [0.15, 0.2) is 0 Å². The fourth-order valence-electron chi connectivity index (χ4n) is 3.92. The second-order valence-electron chi connectivity index (χ2n) is 5.79. The van der Waals surface area contributed by atoms with E-state index >= 15 is 0 Å². The number of nitrogens with zero attached hydrogens (tertiary/aromatic N) is 2. The SMILES string of the molecule is CC1CCCCN1C1CN2CCC1CC2. The van der Waals surface area contributed by atoms with Gasteiger partial charge in [-0.25, -0.2) is 0 Å². The van der Waals surface area contributed by atoms with E-state index in [4.69, 9.17) is 0 Å². The van der Waals surface area contributed by atoms with Gasteiger partial charge in [-0.05, 0) is 58.2 Å². The van der Waals surface area contributed by atoms with E-state index in [0.717, 1.165) is 18.0 Å². The highest BCUT2D eigenvalue weighted by Crippen LogP contribution is 2.33. The standard InChI is InChI=1S/C13H24N2/c1-11-4-2-3-7-15(11)13-10-14-8-5-12(13)6-9-14/h11-13H,2-10H2,1H3. The summed E-state index contributed by atoms with van der Waals surface area (Å²) < 4.78 is 0. The van der Waals surface area contributed by atoms with Crippen LogP contribution in [0.4, 0.5) is 0 Å². The molecule has 4 heterocycles. The van der Waals surface area contributed by atoms with Crippen LogP contribution in [0, 0.1) is 5.92 Å². The lowest BCUT2D eigenvalue weighted by atomic mass is 9.81. The highest BCUT2D eigenvalue weighted by Gasteiger charge is 2.39. The molecule has 2 atom stereocenters. The van der Waals surface area contributed by atoms with Crippen molar-refractivity contribution in [1.29, 1.82) is 0 Å². The van der Waals surface area contributed by atoms with Crippen molar-refractivity contribution >= 4 is 0 Å². The maximum absolute atomic E-state index is 2.83. The van der Waals surface area contributed by atoms with E-state index in [1.165, 1.54) is 58.3 Å². The minimum absolute atomic E-state index is 0.851. The van der Waals surface area contributed by atoms with E-state index in [1.807, 2.05) is 0 Å². The van der Waals surface area contributed by atoms with Crippen LogP contribution in [0.15, 0.2) is 0 Å². The van der Waals surface area contributed by atoms with Gasteiger partial charge in [0.05, 0.1) is 0 Å². The summed E-state index contributed by atoms with van der Waals surface area (Å²) in [6.07, 6.45) is 7.26. The van der Waals surface area contributed by atoms with Crippen molar-refractivity contribution in [2.75, 3.05) is 26.2 Å². The minimum Gasteiger partial charge on any atom is -0.302 e. The molecule has 0 spiro atoms. The van der Waals surface area contributed by atoms with Crippen molar-refractivity contribution < 1.29 is 0 Å². The van der Waals surface area contributed by atoms with Gasteiger partial charge in [-0.3, -0.25) is 4.90 Å². The third-order valence-corrected chi connectivity index (χ3v) is 4.90. The molecular formula is C13H24N2. The lowest BCUT2D eigenvalue weighted by Gasteiger charge is -2.51. The number of rotatable bonds is 1. The third kappa shape index (κ3) is 1.83. The van der Waals surface area contributed by atoms with Crippen LogP contribution < -0.4 is 0 Å². The van der Waals surface area contributed by atoms with Crippen LogP contribution >= 0.6 is 0 Å². The van der Waals surface area contributed by atoms with Crippen molar-refractivity contribution in [3.05, 3.63) is 0 Å². The van der Waals surface area contributed by atoms with Crippen molar-refractivity contribution in [3.63, 3.8) is 0 Å². The zero-order chi connectivity index (χ0) is 10.3. The molecule has 4 fully saturated rings. The van der Waals surface area contributed by atoms with Crippen LogP contribution in [0.5, 0.6) is 0 Å². The normalized spacial score (nSPS) is 47.0. The highest BCUT2D eigenvalue weighted by molar-refractivity contribution is 4.94. The number of piperidine rings is 4. The number of hydrogen-bond acceptors (Lipinski definition) is 2. The molecular weight excluding hydrogens is 184 g/mol. The Morgan fingerprint density at radius 1 is 0.933 bits per heavy atom. The second kappa shape index (κ2) is 4.06. The summed E-state index contributed by atoms with van der Waals surface area (Å²) in [6, 6.07) is 1.76. The van der Waals surface area contributed by atoms with Gasteiger partial charge in [0.1, 0.15) is 0 Å². The fraction of sp³-hybridized carbons (Fsp3) is 1.00. The fourth-order valence-corrected chi connectivity index (χ4v) is 3.92. The molecule has 0 aromatic rings. The summed E-state index contributed by atoms with van der Waals surface area (Å²) in [7, 11) is 0. The zero-order valence-electron chi connectivity index (χ0n) is 9.99. The van der Waals surface area contributed by atoms with E-state index in [1.54, 1.807) is 0 Å². The summed E-state index contributed by atoms with van der Waals surface area (Å²) >= 11 is 0. The molecule has 4 aliphatic heterocycles. The maximum Gasteiger partial charge on any atom is 0.0255 e. The van der Waals surface area contributed by atoms with Gasteiger partial charge in [-0.15, -0.1) is 0 Å². The Balaban J connectivity index is 1.70. The smallest absolute Gasteiger partial charge is 0.0255 e. The largest absolute Gasteiger partial charge is 0.302 e. The summed E-state index contributed by atoms with van der Waals surface area (Å²) in [5.74, 6) is 1.02. The molecule has 4 saturated heterocycles. The molecule has 86 valence electrons. The van der Waals surface area contributed by atoms with Crippen LogP contribution in [0.3, 0.4) is 0 Å². The van der Waals surface area contributed by atoms with Gasteiger partial charge in [-0.1, -0.05) is 6.42 Å². The molecule has 0 aromatic heterocycles. The van der Waals surface area contributed by atoms with Crippen LogP contribution in [0.2, 0.25) is 0 Å². The Kier molecular flexibility index (Phi) is 2.73. The summed E-state index contributed by atoms with van der Waals surface area (Å²) in [5.41, 5.74) is 0. The Labute approximate surface area is 93.6 Å². The molecule has 2 bridgehead atoms. The van der Waals surface area contributed by atoms with Gasteiger partial charge in [0.2, 0.25) is 0 Å². The average molecular weight is 208 g/mol. The predicted molar refractivity (Wildman–Crippen MR) is 63.0 cm³/mol. The van der Waals surface area contributed by atoms with Gasteiger partial charge >= 0.3 is 0 Å². The average Bonchev–Trinajstić information content (AvgIpc) is 2.31. The maximum atomic E-state index is 2.83. The first-order valence-electron chi connectivity index (χ1n) is 6.82. The molecule has 2 nitrogen and oxygen atoms in total. The summed E-state index contributed by atoms with van der Waals surface area (Å²) in [4.78, 5) is 5.52.